The van der Waals surface area contributed by atoms with Gasteiger partial charge in [0.25, 0.3) is 11.8 Å². The smallest absolute Gasteiger partial charge is 0.311 e. The van der Waals surface area contributed by atoms with Crippen LogP contribution < -0.4 is 10.6 Å². The van der Waals surface area contributed by atoms with Crippen LogP contribution in [0.3, 0.4) is 0 Å². The van der Waals surface area contributed by atoms with E-state index >= 15 is 0 Å². The fourth-order valence-corrected chi connectivity index (χ4v) is 2.32. The number of hydrogen-bond donors (Lipinski definition) is 3. The molecule has 0 saturated heterocycles. The molecule has 28 heavy (non-hydrogen) atoms. The number of phenolic OH excluding ortho intramolecular Hbond substituents is 1. The maximum absolute atomic E-state index is 12.5. The lowest BCUT2D eigenvalue weighted by molar-refractivity contribution is -0.385. The van der Waals surface area contributed by atoms with E-state index in [9.17, 15) is 24.8 Å². The van der Waals surface area contributed by atoms with Gasteiger partial charge >= 0.3 is 5.69 Å². The van der Waals surface area contributed by atoms with Gasteiger partial charge in [0, 0.05) is 19.2 Å². The Labute approximate surface area is 165 Å². The monoisotopic (exact) mass is 391 g/mol. The van der Waals surface area contributed by atoms with Gasteiger partial charge in [0.1, 0.15) is 5.57 Å². The number of nitro groups is 1. The Morgan fingerprint density at radius 2 is 1.57 bits per heavy atom. The molecule has 0 fully saturated rings. The third-order valence-electron chi connectivity index (χ3n) is 4.01. The second kappa shape index (κ2) is 11.1. The highest BCUT2D eigenvalue weighted by Gasteiger charge is 2.20. The molecule has 0 bridgehead atoms. The summed E-state index contributed by atoms with van der Waals surface area (Å²) in [6, 6.07) is 3.69. The van der Waals surface area contributed by atoms with Crippen molar-refractivity contribution in [1.29, 1.82) is 0 Å². The van der Waals surface area contributed by atoms with Crippen LogP contribution in [-0.2, 0) is 9.59 Å². The first-order valence-electron chi connectivity index (χ1n) is 9.37. The summed E-state index contributed by atoms with van der Waals surface area (Å²) in [4.78, 5) is 35.3. The Bertz CT molecular complexity index is 713. The van der Waals surface area contributed by atoms with Crippen molar-refractivity contribution in [3.05, 3.63) is 39.4 Å². The highest BCUT2D eigenvalue weighted by atomic mass is 16.6. The number of carbonyl (C=O) groups excluding carboxylic acids is 2. The molecule has 0 radical (unpaired) electrons. The van der Waals surface area contributed by atoms with E-state index in [1.807, 2.05) is 27.7 Å². The first kappa shape index (κ1) is 23.1. The zero-order valence-corrected chi connectivity index (χ0v) is 16.8. The lowest BCUT2D eigenvalue weighted by atomic mass is 10.1. The maximum atomic E-state index is 12.5. The zero-order chi connectivity index (χ0) is 21.3. The molecule has 1 rings (SSSR count). The van der Waals surface area contributed by atoms with Crippen LogP contribution in [0.15, 0.2) is 23.8 Å². The summed E-state index contributed by atoms with van der Waals surface area (Å²) in [5.74, 6) is -0.775. The molecule has 0 aliphatic carbocycles. The van der Waals surface area contributed by atoms with Gasteiger partial charge < -0.3 is 15.7 Å². The van der Waals surface area contributed by atoms with Gasteiger partial charge in [0.15, 0.2) is 5.75 Å². The van der Waals surface area contributed by atoms with E-state index in [0.29, 0.717) is 24.9 Å². The van der Waals surface area contributed by atoms with Crippen molar-refractivity contribution in [2.24, 2.45) is 11.8 Å². The van der Waals surface area contributed by atoms with E-state index in [1.165, 1.54) is 12.1 Å². The molecule has 0 aromatic heterocycles. The largest absolute Gasteiger partial charge is 0.502 e. The Morgan fingerprint density at radius 1 is 1.07 bits per heavy atom. The third kappa shape index (κ3) is 7.77. The van der Waals surface area contributed by atoms with Crippen molar-refractivity contribution in [2.75, 3.05) is 13.1 Å². The van der Waals surface area contributed by atoms with Crippen LogP contribution in [0.4, 0.5) is 5.69 Å². The molecule has 0 atom stereocenters. The summed E-state index contributed by atoms with van der Waals surface area (Å²) >= 11 is 0. The van der Waals surface area contributed by atoms with E-state index < -0.39 is 28.2 Å². The van der Waals surface area contributed by atoms with Crippen LogP contribution in [0.25, 0.3) is 6.08 Å². The molecule has 8 nitrogen and oxygen atoms in total. The number of nitro benzene ring substituents is 1. The van der Waals surface area contributed by atoms with Crippen LogP contribution in [0.5, 0.6) is 5.75 Å². The molecule has 0 aliphatic heterocycles. The third-order valence-corrected chi connectivity index (χ3v) is 4.01. The first-order chi connectivity index (χ1) is 13.1. The Balaban J connectivity index is 3.09. The van der Waals surface area contributed by atoms with Crippen molar-refractivity contribution in [3.63, 3.8) is 0 Å². The molecular formula is C20H29N3O5. The van der Waals surface area contributed by atoms with Crippen molar-refractivity contribution >= 4 is 23.6 Å². The Morgan fingerprint density at radius 3 is 2.00 bits per heavy atom. The highest BCUT2D eigenvalue weighted by Crippen LogP contribution is 2.27. The number of nitrogens with one attached hydrogen (secondary N) is 2. The number of benzene rings is 1. The molecule has 0 spiro atoms. The fourth-order valence-electron chi connectivity index (χ4n) is 2.32. The van der Waals surface area contributed by atoms with Gasteiger partial charge in [-0.05, 0) is 42.4 Å². The molecule has 0 aliphatic rings. The van der Waals surface area contributed by atoms with Crippen LogP contribution >= 0.6 is 0 Å². The number of rotatable bonds is 10. The van der Waals surface area contributed by atoms with Crippen molar-refractivity contribution in [3.8, 4) is 5.75 Å². The number of phenols is 1. The molecule has 2 amide bonds. The quantitative estimate of drug-likeness (QED) is 0.186. The van der Waals surface area contributed by atoms with Crippen LogP contribution in [-0.4, -0.2) is 34.9 Å². The molecule has 1 aromatic carbocycles. The van der Waals surface area contributed by atoms with E-state index in [2.05, 4.69) is 10.6 Å². The predicted octanol–water partition coefficient (Wildman–Crippen LogP) is 3.01. The summed E-state index contributed by atoms with van der Waals surface area (Å²) in [5, 5.41) is 26.0. The summed E-state index contributed by atoms with van der Waals surface area (Å²) in [7, 11) is 0. The van der Waals surface area contributed by atoms with Crippen LogP contribution in [0.2, 0.25) is 0 Å². The number of hydrogen-bond acceptors (Lipinski definition) is 5. The molecule has 154 valence electrons. The number of amides is 2. The van der Waals surface area contributed by atoms with Gasteiger partial charge in [0.2, 0.25) is 0 Å². The van der Waals surface area contributed by atoms with Gasteiger partial charge in [0.05, 0.1) is 4.92 Å². The fraction of sp³-hybridized carbons (Fsp3) is 0.500. The molecule has 8 heteroatoms. The molecule has 0 heterocycles. The first-order valence-corrected chi connectivity index (χ1v) is 9.37. The average Bonchev–Trinajstić information content (AvgIpc) is 2.59. The summed E-state index contributed by atoms with van der Waals surface area (Å²) < 4.78 is 0. The predicted molar refractivity (Wildman–Crippen MR) is 108 cm³/mol. The normalized spacial score (nSPS) is 10.6. The topological polar surface area (TPSA) is 122 Å². The zero-order valence-electron chi connectivity index (χ0n) is 16.8. The standard InChI is InChI=1S/C20H29N3O5/c1-13(2)7-9-21-19(25)16(20(26)22-10-8-14(3)4)11-15-5-6-18(24)17(12-15)23(27)28/h5-6,11-14,24H,7-10H2,1-4H3,(H,21,25)(H,22,26). The van der Waals surface area contributed by atoms with E-state index in [-0.39, 0.29) is 11.1 Å². The maximum Gasteiger partial charge on any atom is 0.311 e. The van der Waals surface area contributed by atoms with E-state index in [4.69, 9.17) is 0 Å². The lowest BCUT2D eigenvalue weighted by Crippen LogP contribution is -2.36. The number of aromatic hydroxyl groups is 1. The van der Waals surface area contributed by atoms with Gasteiger partial charge in [-0.15, -0.1) is 0 Å². The summed E-state index contributed by atoms with van der Waals surface area (Å²) in [6.45, 7) is 8.94. The minimum atomic E-state index is -0.724. The van der Waals surface area contributed by atoms with Gasteiger partial charge in [-0.2, -0.15) is 0 Å². The second-order valence-corrected chi connectivity index (χ2v) is 7.44. The Hall–Kier alpha value is -2.90. The minimum absolute atomic E-state index is 0.132. The highest BCUT2D eigenvalue weighted by molar-refractivity contribution is 6.21. The number of nitrogens with zero attached hydrogens (tertiary/aromatic N) is 1. The van der Waals surface area contributed by atoms with Gasteiger partial charge in [-0.25, -0.2) is 0 Å². The SMILES string of the molecule is CC(C)CCNC(=O)C(=Cc1ccc(O)c([N+](=O)[O-])c1)C(=O)NCCC(C)C. The van der Waals surface area contributed by atoms with Crippen LogP contribution in [0, 0.1) is 22.0 Å². The van der Waals surface area contributed by atoms with E-state index in [1.54, 1.807) is 0 Å². The van der Waals surface area contributed by atoms with Crippen molar-refractivity contribution in [1.82, 2.24) is 10.6 Å². The lowest BCUT2D eigenvalue weighted by Gasteiger charge is -2.12. The summed E-state index contributed by atoms with van der Waals surface area (Å²) in [5.41, 5.74) is -0.349. The van der Waals surface area contributed by atoms with Gasteiger partial charge in [-0.3, -0.25) is 19.7 Å². The average molecular weight is 391 g/mol. The molecular weight excluding hydrogens is 362 g/mol. The van der Waals surface area contributed by atoms with Crippen molar-refractivity contribution < 1.29 is 19.6 Å². The molecule has 0 unspecified atom stereocenters. The molecule has 3 N–H and O–H groups in total. The number of carbonyl (C=O) groups is 2. The van der Waals surface area contributed by atoms with E-state index in [0.717, 1.165) is 25.0 Å². The summed E-state index contributed by atoms with van der Waals surface area (Å²) in [6.07, 6.45) is 2.82. The van der Waals surface area contributed by atoms with Crippen LogP contribution in [0.1, 0.15) is 46.1 Å². The molecule has 0 saturated carbocycles. The second-order valence-electron chi connectivity index (χ2n) is 7.44. The minimum Gasteiger partial charge on any atom is -0.502 e. The van der Waals surface area contributed by atoms with Gasteiger partial charge in [-0.1, -0.05) is 33.8 Å². The Kier molecular flexibility index (Phi) is 9.14. The molecule has 1 aromatic rings. The van der Waals surface area contributed by atoms with Crippen molar-refractivity contribution in [2.45, 2.75) is 40.5 Å².